The number of benzene rings is 1. The molecule has 1 aromatic rings. The lowest BCUT2D eigenvalue weighted by atomic mass is 10.1. The summed E-state index contributed by atoms with van der Waals surface area (Å²) in [5.74, 6) is -2.20. The fourth-order valence-electron chi connectivity index (χ4n) is 1.38. The van der Waals surface area contributed by atoms with E-state index >= 15 is 0 Å². The van der Waals surface area contributed by atoms with Crippen LogP contribution >= 0.6 is 0 Å². The fourth-order valence-corrected chi connectivity index (χ4v) is 1.38. The van der Waals surface area contributed by atoms with Crippen LogP contribution < -0.4 is 5.32 Å². The molecule has 0 aromatic heterocycles. The van der Waals surface area contributed by atoms with Crippen molar-refractivity contribution in [3.8, 4) is 5.75 Å². The predicted octanol–water partition coefficient (Wildman–Crippen LogP) is 0.0621. The molecule has 0 heterocycles. The average molecular weight is 239 g/mol. The van der Waals surface area contributed by atoms with Crippen molar-refractivity contribution >= 4 is 11.9 Å². The maximum Gasteiger partial charge on any atom is 0.321 e. The predicted molar refractivity (Wildman–Crippen MR) is 58.9 cm³/mol. The van der Waals surface area contributed by atoms with Gasteiger partial charge in [-0.05, 0) is 24.1 Å². The van der Waals surface area contributed by atoms with E-state index in [2.05, 4.69) is 5.32 Å². The summed E-state index contributed by atoms with van der Waals surface area (Å²) in [6, 6.07) is 5.19. The summed E-state index contributed by atoms with van der Waals surface area (Å²) in [5, 5.41) is 29.0. The van der Waals surface area contributed by atoms with Crippen molar-refractivity contribution in [3.05, 3.63) is 29.8 Å². The van der Waals surface area contributed by atoms with Gasteiger partial charge >= 0.3 is 11.9 Å². The Morgan fingerprint density at radius 3 is 2.53 bits per heavy atom. The van der Waals surface area contributed by atoms with Crippen LogP contribution in [0.2, 0.25) is 0 Å². The molecule has 0 aliphatic rings. The number of nitrogens with one attached hydrogen (secondary N) is 1. The molecule has 6 nitrogen and oxygen atoms in total. The van der Waals surface area contributed by atoms with Crippen molar-refractivity contribution in [3.63, 3.8) is 0 Å². The highest BCUT2D eigenvalue weighted by atomic mass is 16.4. The van der Waals surface area contributed by atoms with Gasteiger partial charge in [-0.2, -0.15) is 0 Å². The van der Waals surface area contributed by atoms with Crippen LogP contribution in [0, 0.1) is 0 Å². The third-order valence-electron chi connectivity index (χ3n) is 2.15. The summed E-state index contributed by atoms with van der Waals surface area (Å²) < 4.78 is 0. The summed E-state index contributed by atoms with van der Waals surface area (Å²) in [5.41, 5.74) is 0.621. The summed E-state index contributed by atoms with van der Waals surface area (Å²) in [4.78, 5) is 21.2. The Labute approximate surface area is 97.5 Å². The zero-order chi connectivity index (χ0) is 12.8. The van der Waals surface area contributed by atoms with Crippen LogP contribution in [0.15, 0.2) is 24.3 Å². The molecule has 92 valence electrons. The van der Waals surface area contributed by atoms with Gasteiger partial charge in [-0.25, -0.2) is 0 Å². The van der Waals surface area contributed by atoms with E-state index in [1.54, 1.807) is 12.1 Å². The zero-order valence-electron chi connectivity index (χ0n) is 8.96. The molecule has 0 bridgehead atoms. The molecule has 1 rings (SSSR count). The molecule has 1 unspecified atom stereocenters. The lowest BCUT2D eigenvalue weighted by Gasteiger charge is -2.13. The lowest BCUT2D eigenvalue weighted by Crippen LogP contribution is -2.41. The molecular weight excluding hydrogens is 226 g/mol. The minimum atomic E-state index is -1.13. The monoisotopic (exact) mass is 239 g/mol. The summed E-state index contributed by atoms with van der Waals surface area (Å²) in [6.45, 7) is -0.421. The molecule has 0 saturated carbocycles. The highest BCUT2D eigenvalue weighted by Gasteiger charge is 2.18. The quantitative estimate of drug-likeness (QED) is 0.559. The number of aliphatic carboxylic acids is 2. The van der Waals surface area contributed by atoms with E-state index in [-0.39, 0.29) is 12.2 Å². The second kappa shape index (κ2) is 5.86. The number of rotatable bonds is 6. The Morgan fingerprint density at radius 2 is 2.00 bits per heavy atom. The van der Waals surface area contributed by atoms with Gasteiger partial charge in [0.05, 0.1) is 6.54 Å². The van der Waals surface area contributed by atoms with E-state index in [9.17, 15) is 14.7 Å². The molecule has 0 fully saturated rings. The number of phenols is 1. The number of carboxylic acid groups (broad SMARTS) is 2. The van der Waals surface area contributed by atoms with Gasteiger partial charge < -0.3 is 15.3 Å². The zero-order valence-corrected chi connectivity index (χ0v) is 8.96. The number of carbonyl (C=O) groups is 2. The number of carboxylic acids is 2. The molecular formula is C11H13NO5. The van der Waals surface area contributed by atoms with Crippen LogP contribution in [0.4, 0.5) is 0 Å². The maximum absolute atomic E-state index is 10.9. The standard InChI is InChI=1S/C11H13NO5/c13-8-3-1-2-7(4-8)5-9(11(16)17)12-6-10(14)15/h1-4,9,12-13H,5-6H2,(H,14,15)(H,16,17). The molecule has 1 aromatic carbocycles. The average Bonchev–Trinajstić information content (AvgIpc) is 2.23. The number of phenolic OH excluding ortho intramolecular Hbond substituents is 1. The Kier molecular flexibility index (Phi) is 4.47. The van der Waals surface area contributed by atoms with Crippen LogP contribution in [-0.2, 0) is 16.0 Å². The van der Waals surface area contributed by atoms with Gasteiger partial charge in [-0.3, -0.25) is 14.9 Å². The molecule has 0 radical (unpaired) electrons. The minimum Gasteiger partial charge on any atom is -0.508 e. The summed E-state index contributed by atoms with van der Waals surface area (Å²) in [6.07, 6.45) is 0.108. The van der Waals surface area contributed by atoms with Crippen molar-refractivity contribution in [2.24, 2.45) is 0 Å². The van der Waals surface area contributed by atoms with Gasteiger partial charge in [0.2, 0.25) is 0 Å². The molecule has 0 amide bonds. The topological polar surface area (TPSA) is 107 Å². The first kappa shape index (κ1) is 13.0. The normalized spacial score (nSPS) is 12.0. The first-order valence-corrected chi connectivity index (χ1v) is 4.95. The molecule has 17 heavy (non-hydrogen) atoms. The number of hydrogen-bond donors (Lipinski definition) is 4. The highest BCUT2D eigenvalue weighted by molar-refractivity contribution is 5.75. The van der Waals surface area contributed by atoms with Crippen molar-refractivity contribution < 1.29 is 24.9 Å². The van der Waals surface area contributed by atoms with E-state index in [1.165, 1.54) is 12.1 Å². The smallest absolute Gasteiger partial charge is 0.321 e. The largest absolute Gasteiger partial charge is 0.508 e. The second-order valence-electron chi connectivity index (χ2n) is 3.54. The van der Waals surface area contributed by atoms with Crippen LogP contribution in [0.1, 0.15) is 5.56 Å². The van der Waals surface area contributed by atoms with Crippen LogP contribution in [0.5, 0.6) is 5.75 Å². The third-order valence-corrected chi connectivity index (χ3v) is 2.15. The molecule has 0 saturated heterocycles. The van der Waals surface area contributed by atoms with Gasteiger partial charge in [0.15, 0.2) is 0 Å². The van der Waals surface area contributed by atoms with Gasteiger partial charge in [-0.15, -0.1) is 0 Å². The first-order chi connectivity index (χ1) is 7.99. The van der Waals surface area contributed by atoms with Crippen LogP contribution in [-0.4, -0.2) is 39.8 Å². The van der Waals surface area contributed by atoms with E-state index < -0.39 is 24.5 Å². The van der Waals surface area contributed by atoms with Gasteiger partial charge in [0.25, 0.3) is 0 Å². The minimum absolute atomic E-state index is 0.0462. The fraction of sp³-hybridized carbons (Fsp3) is 0.273. The van der Waals surface area contributed by atoms with Crippen molar-refractivity contribution in [2.75, 3.05) is 6.54 Å². The molecule has 6 heteroatoms. The second-order valence-corrected chi connectivity index (χ2v) is 3.54. The van der Waals surface area contributed by atoms with Gasteiger partial charge in [0, 0.05) is 0 Å². The van der Waals surface area contributed by atoms with E-state index in [0.29, 0.717) is 5.56 Å². The van der Waals surface area contributed by atoms with Gasteiger partial charge in [-0.1, -0.05) is 12.1 Å². The third kappa shape index (κ3) is 4.52. The van der Waals surface area contributed by atoms with Crippen molar-refractivity contribution in [2.45, 2.75) is 12.5 Å². The molecule has 4 N–H and O–H groups in total. The van der Waals surface area contributed by atoms with E-state index in [4.69, 9.17) is 10.2 Å². The maximum atomic E-state index is 10.9. The summed E-state index contributed by atoms with van der Waals surface area (Å²) in [7, 11) is 0. The number of aromatic hydroxyl groups is 1. The van der Waals surface area contributed by atoms with Crippen LogP contribution in [0.3, 0.4) is 0 Å². The Morgan fingerprint density at radius 1 is 1.29 bits per heavy atom. The number of hydrogen-bond acceptors (Lipinski definition) is 4. The Balaban J connectivity index is 2.66. The Hall–Kier alpha value is -2.08. The summed E-state index contributed by atoms with van der Waals surface area (Å²) >= 11 is 0. The SMILES string of the molecule is O=C(O)CNC(Cc1cccc(O)c1)C(=O)O. The molecule has 0 aliphatic heterocycles. The van der Waals surface area contributed by atoms with Crippen molar-refractivity contribution in [1.82, 2.24) is 5.32 Å². The van der Waals surface area contributed by atoms with Crippen molar-refractivity contribution in [1.29, 1.82) is 0 Å². The molecule has 0 spiro atoms. The van der Waals surface area contributed by atoms with E-state index in [1.807, 2.05) is 0 Å². The lowest BCUT2D eigenvalue weighted by molar-refractivity contribution is -0.140. The van der Waals surface area contributed by atoms with Crippen LogP contribution in [0.25, 0.3) is 0 Å². The first-order valence-electron chi connectivity index (χ1n) is 4.95. The Bertz CT molecular complexity index is 418. The van der Waals surface area contributed by atoms with Gasteiger partial charge in [0.1, 0.15) is 11.8 Å². The molecule has 1 atom stereocenters. The van der Waals surface area contributed by atoms with E-state index in [0.717, 1.165) is 0 Å². The molecule has 0 aliphatic carbocycles. The highest BCUT2D eigenvalue weighted by Crippen LogP contribution is 2.12.